The Balaban J connectivity index is 2.14. The number of halogens is 1. The summed E-state index contributed by atoms with van der Waals surface area (Å²) in [5, 5.41) is 4.53. The third-order valence-electron chi connectivity index (χ3n) is 4.72. The van der Waals surface area contributed by atoms with E-state index in [2.05, 4.69) is 10.0 Å². The van der Waals surface area contributed by atoms with Crippen LogP contribution in [-0.2, 0) is 14.8 Å². The van der Waals surface area contributed by atoms with E-state index in [1.165, 1.54) is 6.92 Å². The van der Waals surface area contributed by atoms with Crippen molar-refractivity contribution in [3.8, 4) is 0 Å². The average Bonchev–Trinajstić information content (AvgIpc) is 2.73. The number of hydrogen-bond acceptors (Lipinski definition) is 3. The molecular formula is C17H20ClN2O3S. The number of nitrogens with zero attached hydrogens (tertiary/aromatic N) is 1. The number of nitrogens with one attached hydrogen (secondary N) is 1. The van der Waals surface area contributed by atoms with Gasteiger partial charge in [0.05, 0.1) is 17.0 Å². The zero-order valence-electron chi connectivity index (χ0n) is 13.5. The molecule has 24 heavy (non-hydrogen) atoms. The molecule has 0 atom stereocenters. The summed E-state index contributed by atoms with van der Waals surface area (Å²) >= 11 is 5.93. The van der Waals surface area contributed by atoms with E-state index in [9.17, 15) is 13.2 Å². The lowest BCUT2D eigenvalue weighted by Gasteiger charge is -2.35. The molecule has 0 aromatic heterocycles. The van der Waals surface area contributed by atoms with Crippen LogP contribution in [0.4, 0.5) is 0 Å². The summed E-state index contributed by atoms with van der Waals surface area (Å²) in [6.07, 6.45) is 4.50. The maximum absolute atomic E-state index is 12.8. The van der Waals surface area contributed by atoms with Crippen LogP contribution in [-0.4, -0.2) is 26.4 Å². The Kier molecular flexibility index (Phi) is 4.73. The number of rotatable bonds is 3. The van der Waals surface area contributed by atoms with Crippen LogP contribution >= 0.6 is 11.6 Å². The molecule has 1 N–H and O–H groups in total. The maximum atomic E-state index is 12.8. The lowest BCUT2D eigenvalue weighted by atomic mass is 9.76. The van der Waals surface area contributed by atoms with E-state index < -0.39 is 15.6 Å². The molecule has 0 unspecified atom stereocenters. The zero-order valence-corrected chi connectivity index (χ0v) is 15.1. The van der Waals surface area contributed by atoms with Gasteiger partial charge in [-0.3, -0.25) is 4.79 Å². The first-order chi connectivity index (χ1) is 11.3. The number of amides is 1. The first-order valence-corrected chi connectivity index (χ1v) is 9.92. The first kappa shape index (κ1) is 17.5. The highest BCUT2D eigenvalue weighted by Crippen LogP contribution is 2.45. The Bertz CT molecular complexity index is 779. The van der Waals surface area contributed by atoms with E-state index in [4.69, 9.17) is 11.6 Å². The summed E-state index contributed by atoms with van der Waals surface area (Å²) in [4.78, 5) is 11.6. The smallest absolute Gasteiger partial charge is 0.242 e. The molecule has 1 radical (unpaired) electrons. The number of carbonyl (C=O) groups is 1. The molecule has 0 bridgehead atoms. The van der Waals surface area contributed by atoms with E-state index in [-0.39, 0.29) is 17.4 Å². The van der Waals surface area contributed by atoms with Gasteiger partial charge in [0.2, 0.25) is 15.9 Å². The van der Waals surface area contributed by atoms with Crippen molar-refractivity contribution >= 4 is 32.4 Å². The molecule has 5 nitrogen and oxygen atoms in total. The van der Waals surface area contributed by atoms with Crippen molar-refractivity contribution in [3.05, 3.63) is 40.4 Å². The van der Waals surface area contributed by atoms with E-state index >= 15 is 0 Å². The predicted molar refractivity (Wildman–Crippen MR) is 93.9 cm³/mol. The zero-order chi connectivity index (χ0) is 17.4. The Labute approximate surface area is 147 Å². The standard InChI is InChI=1S/C17H20ClN2O3S/c1-12(21)19-11-15-16(13-5-7-14(18)8-6-13)24(22,23)20-17(15)9-3-2-4-10-17/h5-8,20H,2-4,9-11H2,1H3. The van der Waals surface area contributed by atoms with Gasteiger partial charge >= 0.3 is 0 Å². The molecule has 0 saturated heterocycles. The minimum atomic E-state index is -3.64. The van der Waals surface area contributed by atoms with Crippen molar-refractivity contribution in [1.29, 1.82) is 0 Å². The third kappa shape index (κ3) is 3.23. The third-order valence-corrected chi connectivity index (χ3v) is 6.65. The highest BCUT2D eigenvalue weighted by Gasteiger charge is 2.49. The van der Waals surface area contributed by atoms with Crippen molar-refractivity contribution in [2.24, 2.45) is 0 Å². The van der Waals surface area contributed by atoms with E-state index in [1.54, 1.807) is 24.3 Å². The maximum Gasteiger partial charge on any atom is 0.242 e. The Hall–Kier alpha value is -1.37. The van der Waals surface area contributed by atoms with Crippen LogP contribution in [0, 0.1) is 0 Å². The van der Waals surface area contributed by atoms with Gasteiger partial charge in [-0.05, 0) is 36.1 Å². The molecule has 2 aliphatic rings. The van der Waals surface area contributed by atoms with E-state index in [0.29, 0.717) is 16.2 Å². The number of sulfonamides is 1. The summed E-state index contributed by atoms with van der Waals surface area (Å²) in [5.41, 5.74) is 0.688. The molecule has 1 heterocycles. The van der Waals surface area contributed by atoms with Crippen molar-refractivity contribution in [1.82, 2.24) is 10.0 Å². The minimum absolute atomic E-state index is 0.111. The van der Waals surface area contributed by atoms with Crippen LogP contribution in [0.3, 0.4) is 0 Å². The second-order valence-electron chi connectivity index (χ2n) is 6.40. The molecule has 129 valence electrons. The van der Waals surface area contributed by atoms with Gasteiger partial charge in [0.25, 0.3) is 0 Å². The highest BCUT2D eigenvalue weighted by atomic mass is 35.5. The largest absolute Gasteiger partial charge is 0.273 e. The predicted octanol–water partition coefficient (Wildman–Crippen LogP) is 2.84. The topological polar surface area (TPSA) is 77.3 Å². The number of carbonyl (C=O) groups excluding carboxylic acids is 1. The molecular weight excluding hydrogens is 348 g/mol. The van der Waals surface area contributed by atoms with Crippen LogP contribution in [0.25, 0.3) is 4.91 Å². The molecule has 1 saturated carbocycles. The fourth-order valence-electron chi connectivity index (χ4n) is 3.65. The second kappa shape index (κ2) is 6.50. The van der Waals surface area contributed by atoms with Crippen LogP contribution in [0.5, 0.6) is 0 Å². The van der Waals surface area contributed by atoms with E-state index in [1.807, 2.05) is 0 Å². The molecule has 7 heteroatoms. The van der Waals surface area contributed by atoms with Gasteiger partial charge in [0.1, 0.15) is 0 Å². The van der Waals surface area contributed by atoms with Crippen molar-refractivity contribution in [2.45, 2.75) is 44.6 Å². The summed E-state index contributed by atoms with van der Waals surface area (Å²) in [6.45, 7) is 1.49. The van der Waals surface area contributed by atoms with Gasteiger partial charge in [-0.25, -0.2) is 18.5 Å². The van der Waals surface area contributed by atoms with E-state index in [0.717, 1.165) is 32.1 Å². The minimum Gasteiger partial charge on any atom is -0.273 e. The highest BCUT2D eigenvalue weighted by molar-refractivity contribution is 7.99. The molecule has 1 spiro atoms. The lowest BCUT2D eigenvalue weighted by molar-refractivity contribution is -0.119. The van der Waals surface area contributed by atoms with Crippen LogP contribution in [0.2, 0.25) is 5.02 Å². The quantitative estimate of drug-likeness (QED) is 0.892. The van der Waals surface area contributed by atoms with Crippen LogP contribution in [0.1, 0.15) is 44.6 Å². The fourth-order valence-corrected chi connectivity index (χ4v) is 5.75. The van der Waals surface area contributed by atoms with Gasteiger partial charge in [0.15, 0.2) is 0 Å². The first-order valence-electron chi connectivity index (χ1n) is 8.06. The van der Waals surface area contributed by atoms with Crippen LogP contribution in [0.15, 0.2) is 29.8 Å². The Morgan fingerprint density at radius 2 is 1.83 bits per heavy atom. The van der Waals surface area contributed by atoms with Gasteiger partial charge < -0.3 is 0 Å². The van der Waals surface area contributed by atoms with Gasteiger partial charge in [-0.1, -0.05) is 43.0 Å². The molecule has 1 aliphatic heterocycles. The molecule has 1 amide bonds. The summed E-state index contributed by atoms with van der Waals surface area (Å²) in [6, 6.07) is 6.75. The SMILES string of the molecule is CC(=O)[N]CC1=C(c2ccc(Cl)cc2)S(=O)(=O)NC12CCCCC2. The Morgan fingerprint density at radius 3 is 2.42 bits per heavy atom. The molecule has 1 aliphatic carbocycles. The number of hydrogen-bond donors (Lipinski definition) is 1. The average molecular weight is 368 g/mol. The molecule has 3 rings (SSSR count). The van der Waals surface area contributed by atoms with Gasteiger partial charge in [-0.2, -0.15) is 0 Å². The fraction of sp³-hybridized carbons (Fsp3) is 0.471. The van der Waals surface area contributed by atoms with Gasteiger partial charge in [0, 0.05) is 11.9 Å². The lowest BCUT2D eigenvalue weighted by Crippen LogP contribution is -2.47. The molecule has 1 aromatic carbocycles. The van der Waals surface area contributed by atoms with Crippen molar-refractivity contribution in [2.75, 3.05) is 6.54 Å². The van der Waals surface area contributed by atoms with Crippen molar-refractivity contribution in [3.63, 3.8) is 0 Å². The normalized spacial score (nSPS) is 21.9. The monoisotopic (exact) mass is 367 g/mol. The Morgan fingerprint density at radius 1 is 1.21 bits per heavy atom. The summed E-state index contributed by atoms with van der Waals surface area (Å²) < 4.78 is 28.6. The summed E-state index contributed by atoms with van der Waals surface area (Å²) in [7, 11) is -3.64. The van der Waals surface area contributed by atoms with Gasteiger partial charge in [-0.15, -0.1) is 0 Å². The molecule has 1 fully saturated rings. The summed E-state index contributed by atoms with van der Waals surface area (Å²) in [5.74, 6) is -0.298. The molecule has 1 aromatic rings. The van der Waals surface area contributed by atoms with Crippen LogP contribution < -0.4 is 10.0 Å². The second-order valence-corrected chi connectivity index (χ2v) is 8.45. The van der Waals surface area contributed by atoms with Crippen molar-refractivity contribution < 1.29 is 13.2 Å². The number of benzene rings is 1.